The largest absolute Gasteiger partial charge is 0.388 e. The first-order chi connectivity index (χ1) is 7.65. The third kappa shape index (κ3) is 3.98. The van der Waals surface area contributed by atoms with Crippen LogP contribution in [0.3, 0.4) is 0 Å². The quantitative estimate of drug-likeness (QED) is 0.764. The zero-order chi connectivity index (χ0) is 12.0. The molecule has 0 aliphatic carbocycles. The number of pyridine rings is 1. The first-order valence-electron chi connectivity index (χ1n) is 5.16. The van der Waals surface area contributed by atoms with Crippen LogP contribution in [-0.4, -0.2) is 28.0 Å². The van der Waals surface area contributed by atoms with E-state index >= 15 is 0 Å². The fourth-order valence-corrected chi connectivity index (χ4v) is 1.79. The number of hydrogen-bond donors (Lipinski definition) is 2. The lowest BCUT2D eigenvalue weighted by molar-refractivity contribution is 0.853. The second-order valence-corrected chi connectivity index (χ2v) is 5.24. The van der Waals surface area contributed by atoms with Crippen molar-refractivity contribution in [1.29, 1.82) is 0 Å². The van der Waals surface area contributed by atoms with Gasteiger partial charge in [0.1, 0.15) is 10.7 Å². The van der Waals surface area contributed by atoms with Crippen LogP contribution in [0.1, 0.15) is 19.0 Å². The average Bonchev–Trinajstić information content (AvgIpc) is 2.29. The topological polar surface area (TPSA) is 50.9 Å². The minimum atomic E-state index is 0.334. The SMILES string of the molecule is CSC(C)CCNc1cccnc1C(N)=S. The Morgan fingerprint density at radius 3 is 3.06 bits per heavy atom. The predicted octanol–water partition coefficient (Wildman–Crippen LogP) is 2.27. The van der Waals surface area contributed by atoms with Crippen molar-refractivity contribution in [2.45, 2.75) is 18.6 Å². The summed E-state index contributed by atoms with van der Waals surface area (Å²) in [4.78, 5) is 4.50. The van der Waals surface area contributed by atoms with Crippen LogP contribution >= 0.6 is 24.0 Å². The smallest absolute Gasteiger partial charge is 0.124 e. The average molecular weight is 255 g/mol. The van der Waals surface area contributed by atoms with Gasteiger partial charge in [-0.15, -0.1) is 0 Å². The maximum absolute atomic E-state index is 5.60. The van der Waals surface area contributed by atoms with Crippen LogP contribution in [-0.2, 0) is 0 Å². The number of aromatic nitrogens is 1. The molecule has 5 heteroatoms. The molecule has 0 amide bonds. The molecule has 0 aromatic carbocycles. The van der Waals surface area contributed by atoms with Crippen LogP contribution < -0.4 is 11.1 Å². The Morgan fingerprint density at radius 1 is 1.69 bits per heavy atom. The zero-order valence-corrected chi connectivity index (χ0v) is 11.2. The second kappa shape index (κ2) is 6.70. The number of hydrogen-bond acceptors (Lipinski definition) is 4. The number of nitrogens with two attached hydrogens (primary N) is 1. The molecule has 88 valence electrons. The van der Waals surface area contributed by atoms with Gasteiger partial charge in [-0.3, -0.25) is 4.98 Å². The van der Waals surface area contributed by atoms with E-state index in [9.17, 15) is 0 Å². The van der Waals surface area contributed by atoms with Gasteiger partial charge in [0.05, 0.1) is 5.69 Å². The van der Waals surface area contributed by atoms with Crippen molar-refractivity contribution in [1.82, 2.24) is 4.98 Å². The summed E-state index contributed by atoms with van der Waals surface area (Å²) in [5.41, 5.74) is 7.19. The lowest BCUT2D eigenvalue weighted by atomic mass is 10.2. The molecule has 0 saturated carbocycles. The summed E-state index contributed by atoms with van der Waals surface area (Å²) in [5, 5.41) is 3.97. The minimum absolute atomic E-state index is 0.334. The second-order valence-electron chi connectivity index (χ2n) is 3.53. The van der Waals surface area contributed by atoms with E-state index in [1.54, 1.807) is 6.20 Å². The van der Waals surface area contributed by atoms with Gasteiger partial charge >= 0.3 is 0 Å². The number of rotatable bonds is 6. The Bertz CT molecular complexity index is 355. The number of thioether (sulfide) groups is 1. The number of anilines is 1. The maximum Gasteiger partial charge on any atom is 0.124 e. The van der Waals surface area contributed by atoms with Crippen molar-refractivity contribution >= 4 is 34.7 Å². The highest BCUT2D eigenvalue weighted by Gasteiger charge is 2.05. The van der Waals surface area contributed by atoms with E-state index in [2.05, 4.69) is 23.5 Å². The van der Waals surface area contributed by atoms with Gasteiger partial charge in [0.15, 0.2) is 0 Å². The molecule has 1 heterocycles. The highest BCUT2D eigenvalue weighted by Crippen LogP contribution is 2.14. The fraction of sp³-hybridized carbons (Fsp3) is 0.455. The van der Waals surface area contributed by atoms with Crippen molar-refractivity contribution < 1.29 is 0 Å². The molecule has 1 unspecified atom stereocenters. The Kier molecular flexibility index (Phi) is 5.55. The Balaban J connectivity index is 2.56. The molecule has 16 heavy (non-hydrogen) atoms. The van der Waals surface area contributed by atoms with E-state index in [1.165, 1.54) is 0 Å². The summed E-state index contributed by atoms with van der Waals surface area (Å²) in [6.45, 7) is 3.12. The van der Waals surface area contributed by atoms with Gasteiger partial charge in [0, 0.05) is 18.0 Å². The molecule has 0 spiro atoms. The summed E-state index contributed by atoms with van der Waals surface area (Å²) in [7, 11) is 0. The van der Waals surface area contributed by atoms with E-state index < -0.39 is 0 Å². The minimum Gasteiger partial charge on any atom is -0.388 e. The lowest BCUT2D eigenvalue weighted by Gasteiger charge is -2.12. The molecular weight excluding hydrogens is 238 g/mol. The molecule has 3 N–H and O–H groups in total. The van der Waals surface area contributed by atoms with E-state index in [-0.39, 0.29) is 0 Å². The molecule has 0 bridgehead atoms. The molecule has 0 aliphatic rings. The van der Waals surface area contributed by atoms with Crippen LogP contribution in [0.5, 0.6) is 0 Å². The maximum atomic E-state index is 5.60. The summed E-state index contributed by atoms with van der Waals surface area (Å²) in [5.74, 6) is 0. The molecule has 1 aromatic rings. The number of nitrogens with zero attached hydrogens (tertiary/aromatic N) is 1. The highest BCUT2D eigenvalue weighted by molar-refractivity contribution is 7.99. The summed E-state index contributed by atoms with van der Waals surface area (Å²) in [6, 6.07) is 3.83. The molecule has 0 radical (unpaired) electrons. The van der Waals surface area contributed by atoms with E-state index in [0.717, 1.165) is 18.7 Å². The van der Waals surface area contributed by atoms with Crippen molar-refractivity contribution in [3.8, 4) is 0 Å². The van der Waals surface area contributed by atoms with Crippen LogP contribution in [0.4, 0.5) is 5.69 Å². The van der Waals surface area contributed by atoms with Crippen molar-refractivity contribution in [2.75, 3.05) is 18.1 Å². The van der Waals surface area contributed by atoms with E-state index in [4.69, 9.17) is 18.0 Å². The van der Waals surface area contributed by atoms with E-state index in [1.807, 2.05) is 23.9 Å². The molecule has 1 rings (SSSR count). The molecule has 0 aliphatic heterocycles. The predicted molar refractivity (Wildman–Crippen MR) is 76.2 cm³/mol. The Labute approximate surface area is 106 Å². The molecule has 1 aromatic heterocycles. The van der Waals surface area contributed by atoms with Gasteiger partial charge in [0.25, 0.3) is 0 Å². The van der Waals surface area contributed by atoms with Gasteiger partial charge in [-0.05, 0) is 24.8 Å². The summed E-state index contributed by atoms with van der Waals surface area (Å²) in [6.07, 6.45) is 4.92. The molecule has 0 saturated heterocycles. The number of nitrogens with one attached hydrogen (secondary N) is 1. The van der Waals surface area contributed by atoms with E-state index in [0.29, 0.717) is 15.9 Å². The van der Waals surface area contributed by atoms with Crippen LogP contribution in [0.2, 0.25) is 0 Å². The molecule has 1 atom stereocenters. The number of thiocarbonyl (C=S) groups is 1. The normalized spacial score (nSPS) is 12.1. The van der Waals surface area contributed by atoms with Crippen LogP contribution in [0.25, 0.3) is 0 Å². The van der Waals surface area contributed by atoms with Gasteiger partial charge in [-0.2, -0.15) is 11.8 Å². The fourth-order valence-electron chi connectivity index (χ4n) is 1.27. The summed E-state index contributed by atoms with van der Waals surface area (Å²) < 4.78 is 0. The molecule has 0 fully saturated rings. The lowest BCUT2D eigenvalue weighted by Crippen LogP contribution is -2.16. The zero-order valence-electron chi connectivity index (χ0n) is 9.56. The molecular formula is C11H17N3S2. The highest BCUT2D eigenvalue weighted by atomic mass is 32.2. The third-order valence-corrected chi connectivity index (χ3v) is 3.54. The standard InChI is InChI=1S/C11H17N3S2/c1-8(16-2)5-7-13-9-4-3-6-14-10(9)11(12)15/h3-4,6,8,13H,5,7H2,1-2H3,(H2,12,15). The van der Waals surface area contributed by atoms with Gasteiger partial charge in [0.2, 0.25) is 0 Å². The van der Waals surface area contributed by atoms with Crippen LogP contribution in [0.15, 0.2) is 18.3 Å². The third-order valence-electron chi connectivity index (χ3n) is 2.31. The first kappa shape index (κ1) is 13.3. The Morgan fingerprint density at radius 2 is 2.44 bits per heavy atom. The van der Waals surface area contributed by atoms with Crippen molar-refractivity contribution in [3.63, 3.8) is 0 Å². The summed E-state index contributed by atoms with van der Waals surface area (Å²) >= 11 is 6.81. The first-order valence-corrected chi connectivity index (χ1v) is 6.86. The van der Waals surface area contributed by atoms with Gasteiger partial charge < -0.3 is 11.1 Å². The van der Waals surface area contributed by atoms with Gasteiger partial charge in [-0.25, -0.2) is 0 Å². The Hall–Kier alpha value is -0.810. The monoisotopic (exact) mass is 255 g/mol. The van der Waals surface area contributed by atoms with Gasteiger partial charge in [-0.1, -0.05) is 19.1 Å². The van der Waals surface area contributed by atoms with Crippen LogP contribution in [0, 0.1) is 0 Å². The van der Waals surface area contributed by atoms with Crippen molar-refractivity contribution in [2.24, 2.45) is 5.73 Å². The molecule has 3 nitrogen and oxygen atoms in total. The van der Waals surface area contributed by atoms with Crippen molar-refractivity contribution in [3.05, 3.63) is 24.0 Å².